The molecule has 1 rings (SSSR count). The predicted octanol–water partition coefficient (Wildman–Crippen LogP) is 3.11. The average Bonchev–Trinajstić information content (AvgIpc) is 2.38. The van der Waals surface area contributed by atoms with E-state index in [1.807, 2.05) is 6.08 Å². The summed E-state index contributed by atoms with van der Waals surface area (Å²) in [4.78, 5) is 0. The molecule has 0 amide bonds. The van der Waals surface area contributed by atoms with Crippen molar-refractivity contribution in [1.29, 1.82) is 0 Å². The van der Waals surface area contributed by atoms with Crippen molar-refractivity contribution < 1.29 is 4.57 Å². The molecule has 1 nitrogen and oxygen atoms in total. The lowest BCUT2D eigenvalue weighted by Crippen LogP contribution is -1.90. The summed E-state index contributed by atoms with van der Waals surface area (Å²) in [6.07, 6.45) is 9.44. The number of hydrogen-bond acceptors (Lipinski definition) is 1. The molecule has 0 spiro atoms. The van der Waals surface area contributed by atoms with Gasteiger partial charge in [-0.05, 0) is 25.7 Å². The van der Waals surface area contributed by atoms with Gasteiger partial charge in [0.15, 0.2) is 0 Å². The second kappa shape index (κ2) is 4.11. The van der Waals surface area contributed by atoms with Crippen LogP contribution in [-0.4, -0.2) is 18.5 Å². The smallest absolute Gasteiger partial charge is 0.0877 e. The fourth-order valence-electron chi connectivity index (χ4n) is 1.66. The molecule has 0 aromatic heterocycles. The SMILES string of the molecule is C=CCCCP1(=O)CCCC1. The van der Waals surface area contributed by atoms with Crippen molar-refractivity contribution in [2.45, 2.75) is 25.7 Å². The second-order valence-electron chi connectivity index (χ2n) is 3.37. The Bertz CT molecular complexity index is 164. The molecule has 1 aliphatic heterocycles. The monoisotopic (exact) mass is 172 g/mol. The van der Waals surface area contributed by atoms with Gasteiger partial charge in [0, 0.05) is 18.5 Å². The Morgan fingerprint density at radius 3 is 2.55 bits per heavy atom. The van der Waals surface area contributed by atoms with E-state index in [1.54, 1.807) is 0 Å². The summed E-state index contributed by atoms with van der Waals surface area (Å²) in [5.74, 6) is 0. The average molecular weight is 172 g/mol. The molecule has 0 atom stereocenters. The predicted molar refractivity (Wildman–Crippen MR) is 50.9 cm³/mol. The molecule has 1 fully saturated rings. The molecule has 1 aliphatic rings. The van der Waals surface area contributed by atoms with Gasteiger partial charge >= 0.3 is 0 Å². The van der Waals surface area contributed by atoms with Crippen molar-refractivity contribution in [2.75, 3.05) is 18.5 Å². The van der Waals surface area contributed by atoms with E-state index in [1.165, 1.54) is 12.8 Å². The van der Waals surface area contributed by atoms with E-state index < -0.39 is 7.14 Å². The minimum absolute atomic E-state index is 0.971. The minimum atomic E-state index is -1.65. The third kappa shape index (κ3) is 2.83. The molecule has 0 aliphatic carbocycles. The van der Waals surface area contributed by atoms with Gasteiger partial charge in [0.2, 0.25) is 0 Å². The molecule has 0 aromatic rings. The van der Waals surface area contributed by atoms with Gasteiger partial charge in [-0.2, -0.15) is 0 Å². The lowest BCUT2D eigenvalue weighted by Gasteiger charge is -2.08. The van der Waals surface area contributed by atoms with Crippen LogP contribution in [0.5, 0.6) is 0 Å². The summed E-state index contributed by atoms with van der Waals surface area (Å²) in [6.45, 7) is 3.66. The molecule has 1 heterocycles. The van der Waals surface area contributed by atoms with E-state index in [0.29, 0.717) is 0 Å². The Morgan fingerprint density at radius 2 is 2.00 bits per heavy atom. The largest absolute Gasteiger partial charge is 0.324 e. The molecule has 64 valence electrons. The highest BCUT2D eigenvalue weighted by Gasteiger charge is 2.25. The Balaban J connectivity index is 2.23. The van der Waals surface area contributed by atoms with Crippen molar-refractivity contribution >= 4 is 7.14 Å². The second-order valence-corrected chi connectivity index (χ2v) is 6.82. The maximum absolute atomic E-state index is 11.9. The van der Waals surface area contributed by atoms with Gasteiger partial charge in [0.25, 0.3) is 0 Å². The Labute approximate surface area is 69.3 Å². The van der Waals surface area contributed by atoms with E-state index in [-0.39, 0.29) is 0 Å². The van der Waals surface area contributed by atoms with Crippen LogP contribution < -0.4 is 0 Å². The van der Waals surface area contributed by atoms with Crippen LogP contribution >= 0.6 is 7.14 Å². The van der Waals surface area contributed by atoms with E-state index in [9.17, 15) is 4.57 Å². The normalized spacial score (nSPS) is 21.8. The van der Waals surface area contributed by atoms with Crippen molar-refractivity contribution in [3.63, 3.8) is 0 Å². The highest BCUT2D eigenvalue weighted by atomic mass is 31.2. The molecule has 0 aromatic carbocycles. The van der Waals surface area contributed by atoms with E-state index >= 15 is 0 Å². The molecular weight excluding hydrogens is 155 g/mol. The van der Waals surface area contributed by atoms with Gasteiger partial charge in [0.05, 0.1) is 7.14 Å². The molecule has 1 saturated heterocycles. The zero-order valence-electron chi connectivity index (χ0n) is 7.09. The molecule has 0 unspecified atom stereocenters. The van der Waals surface area contributed by atoms with Crippen LogP contribution in [0.1, 0.15) is 25.7 Å². The molecule has 0 N–H and O–H groups in total. The fourth-order valence-corrected chi connectivity index (χ4v) is 4.69. The van der Waals surface area contributed by atoms with Crippen molar-refractivity contribution in [1.82, 2.24) is 0 Å². The van der Waals surface area contributed by atoms with Crippen molar-refractivity contribution in [2.24, 2.45) is 0 Å². The van der Waals surface area contributed by atoms with Gasteiger partial charge in [0.1, 0.15) is 0 Å². The molecule has 0 bridgehead atoms. The van der Waals surface area contributed by atoms with E-state index in [0.717, 1.165) is 31.3 Å². The number of hydrogen-bond donors (Lipinski definition) is 0. The van der Waals surface area contributed by atoms with Crippen LogP contribution in [-0.2, 0) is 4.57 Å². The number of allylic oxidation sites excluding steroid dienone is 1. The molecule has 2 heteroatoms. The van der Waals surface area contributed by atoms with Gasteiger partial charge in [-0.3, -0.25) is 0 Å². The highest BCUT2D eigenvalue weighted by molar-refractivity contribution is 7.64. The maximum Gasteiger partial charge on any atom is 0.0877 e. The van der Waals surface area contributed by atoms with Crippen LogP contribution in [0.15, 0.2) is 12.7 Å². The Hall–Kier alpha value is -0.0300. The number of unbranched alkanes of at least 4 members (excludes halogenated alkanes) is 1. The lowest BCUT2D eigenvalue weighted by molar-refractivity contribution is 0.577. The summed E-state index contributed by atoms with van der Waals surface area (Å²) < 4.78 is 11.9. The summed E-state index contributed by atoms with van der Waals surface area (Å²) >= 11 is 0. The van der Waals surface area contributed by atoms with Gasteiger partial charge in [-0.1, -0.05) is 6.08 Å². The first kappa shape index (κ1) is 9.06. The van der Waals surface area contributed by atoms with E-state index in [2.05, 4.69) is 6.58 Å². The van der Waals surface area contributed by atoms with Crippen LogP contribution in [0.2, 0.25) is 0 Å². The van der Waals surface area contributed by atoms with Crippen molar-refractivity contribution in [3.05, 3.63) is 12.7 Å². The van der Waals surface area contributed by atoms with Gasteiger partial charge in [-0.25, -0.2) is 0 Å². The Morgan fingerprint density at radius 1 is 1.36 bits per heavy atom. The topological polar surface area (TPSA) is 17.1 Å². The molecule has 0 saturated carbocycles. The molecular formula is C9H17OP. The maximum atomic E-state index is 11.9. The van der Waals surface area contributed by atoms with E-state index in [4.69, 9.17) is 0 Å². The van der Waals surface area contributed by atoms with Crippen LogP contribution in [0, 0.1) is 0 Å². The standard InChI is InChI=1S/C9H17OP/c1-2-3-4-7-11(10)8-5-6-9-11/h2H,1,3-9H2. The van der Waals surface area contributed by atoms with Gasteiger partial charge < -0.3 is 4.57 Å². The quantitative estimate of drug-likeness (QED) is 0.362. The highest BCUT2D eigenvalue weighted by Crippen LogP contribution is 2.52. The first-order valence-corrected chi connectivity index (χ1v) is 6.71. The van der Waals surface area contributed by atoms with Crippen LogP contribution in [0.4, 0.5) is 0 Å². The zero-order chi connectivity index (χ0) is 8.16. The van der Waals surface area contributed by atoms with Crippen LogP contribution in [0.25, 0.3) is 0 Å². The zero-order valence-corrected chi connectivity index (χ0v) is 7.98. The van der Waals surface area contributed by atoms with Gasteiger partial charge in [-0.15, -0.1) is 6.58 Å². The summed E-state index contributed by atoms with van der Waals surface area (Å²) in [5.41, 5.74) is 0. The lowest BCUT2D eigenvalue weighted by atomic mass is 10.3. The summed E-state index contributed by atoms with van der Waals surface area (Å²) in [6, 6.07) is 0. The molecule has 11 heavy (non-hydrogen) atoms. The fraction of sp³-hybridized carbons (Fsp3) is 0.778. The minimum Gasteiger partial charge on any atom is -0.324 e. The van der Waals surface area contributed by atoms with Crippen LogP contribution in [0.3, 0.4) is 0 Å². The Kier molecular flexibility index (Phi) is 3.39. The third-order valence-electron chi connectivity index (χ3n) is 2.36. The van der Waals surface area contributed by atoms with Crippen molar-refractivity contribution in [3.8, 4) is 0 Å². The summed E-state index contributed by atoms with van der Waals surface area (Å²) in [7, 11) is -1.65. The number of rotatable bonds is 4. The third-order valence-corrected chi connectivity index (χ3v) is 5.75. The summed E-state index contributed by atoms with van der Waals surface area (Å²) in [5, 5.41) is 0. The first-order chi connectivity index (χ1) is 5.27. The molecule has 0 radical (unpaired) electrons. The first-order valence-electron chi connectivity index (χ1n) is 4.45.